The number of benzene rings is 1. The van der Waals surface area contributed by atoms with E-state index in [0.717, 1.165) is 28.7 Å². The molecule has 3 nitrogen and oxygen atoms in total. The molecule has 3 N–H and O–H groups in total. The zero-order chi connectivity index (χ0) is 13.0. The molecule has 1 aromatic carbocycles. The molecule has 0 saturated carbocycles. The largest absolute Gasteiger partial charge is 0.455 e. The fraction of sp³-hybridized carbons (Fsp3) is 0.286. The van der Waals surface area contributed by atoms with Crippen molar-refractivity contribution in [3.63, 3.8) is 0 Å². The van der Waals surface area contributed by atoms with Crippen molar-refractivity contribution in [3.05, 3.63) is 47.2 Å². The van der Waals surface area contributed by atoms with Crippen LogP contribution in [0.1, 0.15) is 12.7 Å². The molecule has 0 aliphatic heterocycles. The van der Waals surface area contributed by atoms with Crippen LogP contribution < -0.4 is 5.32 Å². The van der Waals surface area contributed by atoms with Crippen LogP contribution in [-0.2, 0) is 6.54 Å². The first kappa shape index (κ1) is 13.1. The van der Waals surface area contributed by atoms with Crippen molar-refractivity contribution >= 4 is 11.6 Å². The maximum absolute atomic E-state index is 9.17. The minimum atomic E-state index is -0.296. The van der Waals surface area contributed by atoms with Gasteiger partial charge < -0.3 is 14.8 Å². The van der Waals surface area contributed by atoms with E-state index >= 15 is 0 Å². The highest BCUT2D eigenvalue weighted by molar-refractivity contribution is 6.30. The van der Waals surface area contributed by atoms with Crippen LogP contribution >= 0.6 is 11.6 Å². The first-order chi connectivity index (χ1) is 8.65. The average molecular weight is 267 g/mol. The number of aliphatic hydroxyl groups excluding tert-OH is 1. The molecule has 0 amide bonds. The van der Waals surface area contributed by atoms with Gasteiger partial charge in [0.25, 0.3) is 0 Å². The van der Waals surface area contributed by atoms with Gasteiger partial charge in [-0.2, -0.15) is 0 Å². The van der Waals surface area contributed by atoms with E-state index < -0.39 is 0 Å². The van der Waals surface area contributed by atoms with E-state index in [1.165, 1.54) is 0 Å². The highest BCUT2D eigenvalue weighted by atomic mass is 35.5. The van der Waals surface area contributed by atoms with Gasteiger partial charge in [-0.05, 0) is 43.3 Å². The molecule has 1 heterocycles. The molecule has 0 unspecified atom stereocenters. The minimum absolute atomic E-state index is 0.296. The zero-order valence-electron chi connectivity index (χ0n) is 10.3. The third-order valence-electron chi connectivity index (χ3n) is 2.64. The Bertz CT molecular complexity index is 491. The molecule has 0 aliphatic carbocycles. The minimum Gasteiger partial charge on any atom is -0.455 e. The molecule has 18 heavy (non-hydrogen) atoms. The van der Waals surface area contributed by atoms with Crippen molar-refractivity contribution in [1.29, 1.82) is 0 Å². The molecule has 4 heteroatoms. The third-order valence-corrected chi connectivity index (χ3v) is 2.90. The van der Waals surface area contributed by atoms with Crippen molar-refractivity contribution in [2.24, 2.45) is 0 Å². The molecule has 0 aliphatic rings. The second-order valence-electron chi connectivity index (χ2n) is 4.35. The predicted octanol–water partition coefficient (Wildman–Crippen LogP) is 2.04. The number of furan rings is 1. The van der Waals surface area contributed by atoms with Crippen LogP contribution in [0.5, 0.6) is 0 Å². The van der Waals surface area contributed by atoms with Crippen LogP contribution in [-0.4, -0.2) is 17.8 Å². The van der Waals surface area contributed by atoms with E-state index in [0.29, 0.717) is 6.54 Å². The number of aliphatic hydroxyl groups is 1. The Hall–Kier alpha value is -1.29. The lowest BCUT2D eigenvalue weighted by molar-refractivity contribution is -0.677. The van der Waals surface area contributed by atoms with Gasteiger partial charge in [-0.3, -0.25) is 0 Å². The number of rotatable bonds is 5. The quantitative estimate of drug-likeness (QED) is 0.870. The van der Waals surface area contributed by atoms with Crippen LogP contribution in [0, 0.1) is 0 Å². The Kier molecular flexibility index (Phi) is 4.42. The predicted molar refractivity (Wildman–Crippen MR) is 71.3 cm³/mol. The van der Waals surface area contributed by atoms with Crippen molar-refractivity contribution < 1.29 is 14.8 Å². The summed E-state index contributed by atoms with van der Waals surface area (Å²) in [4.78, 5) is 0. The van der Waals surface area contributed by atoms with Gasteiger partial charge in [0.15, 0.2) is 5.76 Å². The molecule has 1 atom stereocenters. The van der Waals surface area contributed by atoms with Crippen LogP contribution in [0.2, 0.25) is 5.02 Å². The van der Waals surface area contributed by atoms with Crippen LogP contribution in [0.3, 0.4) is 0 Å². The fourth-order valence-electron chi connectivity index (χ4n) is 1.72. The molecule has 0 spiro atoms. The molecule has 0 fully saturated rings. The van der Waals surface area contributed by atoms with Gasteiger partial charge in [-0.25, -0.2) is 0 Å². The standard InChI is InChI=1S/C14H16ClNO2/c1-10(17)8-16-9-13-6-7-14(18-13)11-2-4-12(15)5-3-11/h2-7,10,16-17H,8-9H2,1H3/p+1/t10-/m1/s1. The molecule has 2 rings (SSSR count). The average Bonchev–Trinajstić information content (AvgIpc) is 2.78. The molecule has 0 saturated heterocycles. The third kappa shape index (κ3) is 3.60. The van der Waals surface area contributed by atoms with Gasteiger partial charge in [-0.1, -0.05) is 11.6 Å². The Morgan fingerprint density at radius 3 is 2.61 bits per heavy atom. The van der Waals surface area contributed by atoms with Gasteiger partial charge in [0.1, 0.15) is 18.8 Å². The first-order valence-corrected chi connectivity index (χ1v) is 6.37. The lowest BCUT2D eigenvalue weighted by atomic mass is 10.2. The van der Waals surface area contributed by atoms with E-state index in [2.05, 4.69) is 0 Å². The normalized spacial score (nSPS) is 12.6. The van der Waals surface area contributed by atoms with Crippen molar-refractivity contribution in [1.82, 2.24) is 0 Å². The lowest BCUT2D eigenvalue weighted by Gasteiger charge is -2.01. The molecule has 2 aromatic rings. The second kappa shape index (κ2) is 6.05. The van der Waals surface area contributed by atoms with Gasteiger partial charge in [0.2, 0.25) is 0 Å². The summed E-state index contributed by atoms with van der Waals surface area (Å²) in [7, 11) is 0. The molecule has 0 bridgehead atoms. The topological polar surface area (TPSA) is 50.0 Å². The molecule has 96 valence electrons. The molecular formula is C14H17ClNO2+. The van der Waals surface area contributed by atoms with Gasteiger partial charge in [0, 0.05) is 10.6 Å². The Morgan fingerprint density at radius 1 is 1.22 bits per heavy atom. The van der Waals surface area contributed by atoms with E-state index in [1.807, 2.05) is 41.7 Å². The first-order valence-electron chi connectivity index (χ1n) is 5.99. The highest BCUT2D eigenvalue weighted by Crippen LogP contribution is 2.23. The summed E-state index contributed by atoms with van der Waals surface area (Å²) in [6, 6.07) is 11.5. The highest BCUT2D eigenvalue weighted by Gasteiger charge is 2.06. The zero-order valence-corrected chi connectivity index (χ0v) is 11.0. The molecule has 1 aromatic heterocycles. The SMILES string of the molecule is C[C@@H](O)C[NH2+]Cc1ccc(-c2ccc(Cl)cc2)o1. The van der Waals surface area contributed by atoms with Crippen LogP contribution in [0.4, 0.5) is 0 Å². The van der Waals surface area contributed by atoms with Crippen LogP contribution in [0.15, 0.2) is 40.8 Å². The molecular weight excluding hydrogens is 250 g/mol. The summed E-state index contributed by atoms with van der Waals surface area (Å²) >= 11 is 5.84. The monoisotopic (exact) mass is 266 g/mol. The number of halogens is 1. The van der Waals surface area contributed by atoms with Crippen LogP contribution in [0.25, 0.3) is 11.3 Å². The van der Waals surface area contributed by atoms with E-state index in [9.17, 15) is 0 Å². The van der Waals surface area contributed by atoms with E-state index in [4.69, 9.17) is 21.1 Å². The van der Waals surface area contributed by atoms with Crippen molar-refractivity contribution in [2.45, 2.75) is 19.6 Å². The fourth-order valence-corrected chi connectivity index (χ4v) is 1.85. The number of nitrogens with two attached hydrogens (primary N) is 1. The Labute approximate surface area is 111 Å². The maximum atomic E-state index is 9.17. The number of hydrogen-bond donors (Lipinski definition) is 2. The maximum Gasteiger partial charge on any atom is 0.158 e. The van der Waals surface area contributed by atoms with Crippen molar-refractivity contribution in [3.8, 4) is 11.3 Å². The smallest absolute Gasteiger partial charge is 0.158 e. The number of quaternary nitrogens is 1. The number of hydrogen-bond acceptors (Lipinski definition) is 2. The van der Waals surface area contributed by atoms with Gasteiger partial charge in [-0.15, -0.1) is 0 Å². The summed E-state index contributed by atoms with van der Waals surface area (Å²) in [5.74, 6) is 1.74. The Morgan fingerprint density at radius 2 is 1.94 bits per heavy atom. The summed E-state index contributed by atoms with van der Waals surface area (Å²) in [5.41, 5.74) is 1.01. The van der Waals surface area contributed by atoms with E-state index in [-0.39, 0.29) is 6.10 Å². The summed E-state index contributed by atoms with van der Waals surface area (Å²) in [6.45, 7) is 3.19. The van der Waals surface area contributed by atoms with Crippen molar-refractivity contribution in [2.75, 3.05) is 6.54 Å². The lowest BCUT2D eigenvalue weighted by Crippen LogP contribution is -2.84. The van der Waals surface area contributed by atoms with Gasteiger partial charge in [0.05, 0.1) is 6.10 Å². The Balaban J connectivity index is 1.99. The summed E-state index contributed by atoms with van der Waals surface area (Å²) in [6.07, 6.45) is -0.296. The summed E-state index contributed by atoms with van der Waals surface area (Å²) < 4.78 is 5.74. The van der Waals surface area contributed by atoms with E-state index in [1.54, 1.807) is 6.92 Å². The van der Waals surface area contributed by atoms with Gasteiger partial charge >= 0.3 is 0 Å². The second-order valence-corrected chi connectivity index (χ2v) is 4.79. The molecule has 0 radical (unpaired) electrons. The summed E-state index contributed by atoms with van der Waals surface area (Å²) in [5, 5.41) is 11.9.